The SMILES string of the molecule is Cl.N#Cc1ccc(C(O)c2cccc(N3CCNCC3)n2)c(F)c1. The third kappa shape index (κ3) is 3.82. The number of nitrogens with zero attached hydrogens (tertiary/aromatic N) is 3. The molecule has 0 spiro atoms. The second-order valence-electron chi connectivity index (χ2n) is 5.41. The van der Waals surface area contributed by atoms with E-state index in [0.29, 0.717) is 5.69 Å². The second kappa shape index (κ2) is 8.06. The largest absolute Gasteiger partial charge is 0.382 e. The molecule has 3 rings (SSSR count). The van der Waals surface area contributed by atoms with Gasteiger partial charge < -0.3 is 15.3 Å². The van der Waals surface area contributed by atoms with Gasteiger partial charge in [-0.3, -0.25) is 0 Å². The molecule has 0 aliphatic carbocycles. The summed E-state index contributed by atoms with van der Waals surface area (Å²) in [6.45, 7) is 3.47. The van der Waals surface area contributed by atoms with Crippen LogP contribution in [0, 0.1) is 17.1 Å². The summed E-state index contributed by atoms with van der Waals surface area (Å²) in [4.78, 5) is 6.60. The van der Waals surface area contributed by atoms with E-state index in [0.717, 1.165) is 38.1 Å². The molecule has 2 heterocycles. The van der Waals surface area contributed by atoms with Crippen LogP contribution in [0.25, 0.3) is 0 Å². The van der Waals surface area contributed by atoms with Crippen LogP contribution in [0.15, 0.2) is 36.4 Å². The minimum absolute atomic E-state index is 0. The third-order valence-electron chi connectivity index (χ3n) is 3.90. The Morgan fingerprint density at radius 2 is 2.00 bits per heavy atom. The summed E-state index contributed by atoms with van der Waals surface area (Å²) in [5, 5.41) is 22.5. The molecule has 1 saturated heterocycles. The molecule has 1 atom stereocenters. The zero-order valence-electron chi connectivity index (χ0n) is 12.9. The fourth-order valence-electron chi connectivity index (χ4n) is 2.64. The first-order valence-electron chi connectivity index (χ1n) is 7.49. The lowest BCUT2D eigenvalue weighted by Gasteiger charge is -2.28. The van der Waals surface area contributed by atoms with Gasteiger partial charge in [-0.2, -0.15) is 5.26 Å². The first-order valence-corrected chi connectivity index (χ1v) is 7.49. The number of aromatic nitrogens is 1. The maximum atomic E-state index is 14.1. The van der Waals surface area contributed by atoms with Crippen molar-refractivity contribution in [3.8, 4) is 6.07 Å². The van der Waals surface area contributed by atoms with Gasteiger partial charge in [0, 0.05) is 31.7 Å². The van der Waals surface area contributed by atoms with E-state index in [1.807, 2.05) is 18.2 Å². The number of aliphatic hydroxyl groups excluding tert-OH is 1. The summed E-state index contributed by atoms with van der Waals surface area (Å²) in [7, 11) is 0. The van der Waals surface area contributed by atoms with Gasteiger partial charge in [0.05, 0.1) is 17.3 Å². The van der Waals surface area contributed by atoms with E-state index in [2.05, 4.69) is 15.2 Å². The number of nitriles is 1. The number of anilines is 1. The zero-order valence-corrected chi connectivity index (χ0v) is 13.8. The molecular formula is C17H18ClFN4O. The van der Waals surface area contributed by atoms with E-state index in [1.54, 1.807) is 6.07 Å². The molecule has 1 fully saturated rings. The lowest BCUT2D eigenvalue weighted by molar-refractivity contribution is 0.210. The maximum absolute atomic E-state index is 14.1. The Bertz CT molecular complexity index is 744. The van der Waals surface area contributed by atoms with Crippen molar-refractivity contribution in [1.29, 1.82) is 5.26 Å². The van der Waals surface area contributed by atoms with Gasteiger partial charge in [-0.25, -0.2) is 9.37 Å². The number of halogens is 2. The standard InChI is InChI=1S/C17H17FN4O.ClH/c18-14-10-12(11-19)4-5-13(14)17(23)15-2-1-3-16(21-15)22-8-6-20-7-9-22;/h1-5,10,17,20,23H,6-9H2;1H. The van der Waals surface area contributed by atoms with Crippen molar-refractivity contribution in [2.75, 3.05) is 31.1 Å². The molecule has 24 heavy (non-hydrogen) atoms. The summed E-state index contributed by atoms with van der Waals surface area (Å²) in [6.07, 6.45) is -1.16. The summed E-state index contributed by atoms with van der Waals surface area (Å²) in [6, 6.07) is 11.3. The summed E-state index contributed by atoms with van der Waals surface area (Å²) < 4.78 is 14.1. The molecule has 1 aromatic carbocycles. The van der Waals surface area contributed by atoms with Gasteiger partial charge in [0.25, 0.3) is 0 Å². The summed E-state index contributed by atoms with van der Waals surface area (Å²) in [5.74, 6) is 0.169. The van der Waals surface area contributed by atoms with Crippen LogP contribution in [-0.4, -0.2) is 36.3 Å². The van der Waals surface area contributed by atoms with E-state index in [-0.39, 0.29) is 23.5 Å². The highest BCUT2D eigenvalue weighted by atomic mass is 35.5. The fourth-order valence-corrected chi connectivity index (χ4v) is 2.64. The number of rotatable bonds is 3. The molecule has 0 radical (unpaired) electrons. The predicted molar refractivity (Wildman–Crippen MR) is 91.7 cm³/mol. The van der Waals surface area contributed by atoms with Crippen molar-refractivity contribution in [2.45, 2.75) is 6.10 Å². The van der Waals surface area contributed by atoms with Crippen LogP contribution in [0.4, 0.5) is 10.2 Å². The number of piperazine rings is 1. The first-order chi connectivity index (χ1) is 11.2. The molecule has 1 aromatic heterocycles. The van der Waals surface area contributed by atoms with E-state index >= 15 is 0 Å². The Morgan fingerprint density at radius 3 is 2.67 bits per heavy atom. The predicted octanol–water partition coefficient (Wildman–Crippen LogP) is 2.01. The molecule has 1 unspecified atom stereocenters. The molecule has 0 amide bonds. The molecule has 2 N–H and O–H groups in total. The van der Waals surface area contributed by atoms with Crippen molar-refractivity contribution in [3.05, 3.63) is 59.0 Å². The van der Waals surface area contributed by atoms with Crippen molar-refractivity contribution in [2.24, 2.45) is 0 Å². The van der Waals surface area contributed by atoms with Crippen LogP contribution in [0.5, 0.6) is 0 Å². The quantitative estimate of drug-likeness (QED) is 0.887. The highest BCUT2D eigenvalue weighted by Gasteiger charge is 2.19. The number of hydrogen-bond acceptors (Lipinski definition) is 5. The Morgan fingerprint density at radius 1 is 1.25 bits per heavy atom. The van der Waals surface area contributed by atoms with Gasteiger partial charge in [-0.15, -0.1) is 12.4 Å². The average Bonchev–Trinajstić information content (AvgIpc) is 2.62. The van der Waals surface area contributed by atoms with Crippen LogP contribution in [0.1, 0.15) is 22.9 Å². The Balaban J connectivity index is 0.00000208. The molecule has 126 valence electrons. The van der Waals surface area contributed by atoms with E-state index in [4.69, 9.17) is 5.26 Å². The molecule has 1 aliphatic rings. The number of hydrogen-bond donors (Lipinski definition) is 2. The van der Waals surface area contributed by atoms with Crippen molar-refractivity contribution < 1.29 is 9.50 Å². The van der Waals surface area contributed by atoms with Crippen LogP contribution in [0.2, 0.25) is 0 Å². The smallest absolute Gasteiger partial charge is 0.130 e. The monoisotopic (exact) mass is 348 g/mol. The second-order valence-corrected chi connectivity index (χ2v) is 5.41. The van der Waals surface area contributed by atoms with E-state index < -0.39 is 11.9 Å². The molecule has 1 aliphatic heterocycles. The van der Waals surface area contributed by atoms with Crippen LogP contribution >= 0.6 is 12.4 Å². The number of aliphatic hydroxyl groups is 1. The van der Waals surface area contributed by atoms with Gasteiger partial charge in [-0.1, -0.05) is 12.1 Å². The van der Waals surface area contributed by atoms with Crippen molar-refractivity contribution in [3.63, 3.8) is 0 Å². The summed E-state index contributed by atoms with van der Waals surface area (Å²) >= 11 is 0. The lowest BCUT2D eigenvalue weighted by atomic mass is 10.0. The Labute approximate surface area is 146 Å². The van der Waals surface area contributed by atoms with Gasteiger partial charge in [-0.05, 0) is 24.3 Å². The van der Waals surface area contributed by atoms with Gasteiger partial charge in [0.15, 0.2) is 0 Å². The van der Waals surface area contributed by atoms with E-state index in [9.17, 15) is 9.50 Å². The molecule has 2 aromatic rings. The van der Waals surface area contributed by atoms with Gasteiger partial charge >= 0.3 is 0 Å². The fraction of sp³-hybridized carbons (Fsp3) is 0.294. The van der Waals surface area contributed by atoms with Crippen LogP contribution in [0.3, 0.4) is 0 Å². The first kappa shape index (κ1) is 18.1. The number of benzene rings is 1. The zero-order chi connectivity index (χ0) is 16.2. The number of nitrogens with one attached hydrogen (secondary N) is 1. The van der Waals surface area contributed by atoms with Gasteiger partial charge in [0.1, 0.15) is 17.7 Å². The highest BCUT2D eigenvalue weighted by Crippen LogP contribution is 2.25. The molecule has 7 heteroatoms. The van der Waals surface area contributed by atoms with Crippen LogP contribution < -0.4 is 10.2 Å². The minimum Gasteiger partial charge on any atom is -0.382 e. The highest BCUT2D eigenvalue weighted by molar-refractivity contribution is 5.85. The Kier molecular flexibility index (Phi) is 6.10. The number of pyridine rings is 1. The van der Waals surface area contributed by atoms with Crippen molar-refractivity contribution in [1.82, 2.24) is 10.3 Å². The third-order valence-corrected chi connectivity index (χ3v) is 3.90. The molecule has 0 saturated carbocycles. The van der Waals surface area contributed by atoms with Crippen LogP contribution in [-0.2, 0) is 0 Å². The van der Waals surface area contributed by atoms with Gasteiger partial charge in [0.2, 0.25) is 0 Å². The minimum atomic E-state index is -1.16. The Hall–Kier alpha value is -2.20. The lowest BCUT2D eigenvalue weighted by Crippen LogP contribution is -2.43. The average molecular weight is 349 g/mol. The molecule has 5 nitrogen and oxygen atoms in total. The maximum Gasteiger partial charge on any atom is 0.130 e. The summed E-state index contributed by atoms with van der Waals surface area (Å²) in [5.41, 5.74) is 0.736. The van der Waals surface area contributed by atoms with Crippen molar-refractivity contribution >= 4 is 18.2 Å². The molecular weight excluding hydrogens is 331 g/mol. The van der Waals surface area contributed by atoms with E-state index in [1.165, 1.54) is 12.1 Å². The molecule has 0 bridgehead atoms. The normalized spacial score (nSPS) is 15.3. The topological polar surface area (TPSA) is 72.2 Å².